The van der Waals surface area contributed by atoms with Crippen molar-refractivity contribution < 1.29 is 9.53 Å². The molecule has 1 saturated heterocycles. The van der Waals surface area contributed by atoms with Crippen LogP contribution in [0.15, 0.2) is 35.1 Å². The smallest absolute Gasteiger partial charge is 0.260 e. The maximum Gasteiger partial charge on any atom is 0.260 e. The maximum atomic E-state index is 12.5. The third-order valence-electron chi connectivity index (χ3n) is 4.69. The van der Waals surface area contributed by atoms with E-state index >= 15 is 0 Å². The van der Waals surface area contributed by atoms with Gasteiger partial charge in [0.15, 0.2) is 6.61 Å². The zero-order chi connectivity index (χ0) is 17.3. The van der Waals surface area contributed by atoms with E-state index < -0.39 is 0 Å². The summed E-state index contributed by atoms with van der Waals surface area (Å²) >= 11 is 0. The summed E-state index contributed by atoms with van der Waals surface area (Å²) in [4.78, 5) is 26.4. The number of rotatable bonds is 3. The van der Waals surface area contributed by atoms with Crippen LogP contribution in [0.3, 0.4) is 0 Å². The highest BCUT2D eigenvalue weighted by molar-refractivity contribution is 5.86. The van der Waals surface area contributed by atoms with E-state index in [0.29, 0.717) is 17.6 Å². The number of nitrogens with zero attached hydrogens (tertiary/aromatic N) is 2. The highest BCUT2D eigenvalue weighted by Crippen LogP contribution is 2.24. The molecule has 0 bridgehead atoms. The van der Waals surface area contributed by atoms with Crippen LogP contribution in [-0.4, -0.2) is 35.1 Å². The number of aryl methyl sites for hydroxylation is 1. The van der Waals surface area contributed by atoms with Crippen molar-refractivity contribution in [2.24, 2.45) is 18.9 Å². The molecular formula is C19H24N2O3. The van der Waals surface area contributed by atoms with E-state index in [1.165, 1.54) is 6.07 Å². The Morgan fingerprint density at radius 1 is 1.21 bits per heavy atom. The number of carbonyl (C=O) groups is 1. The molecule has 24 heavy (non-hydrogen) atoms. The van der Waals surface area contributed by atoms with Gasteiger partial charge < -0.3 is 14.2 Å². The fourth-order valence-corrected chi connectivity index (χ4v) is 3.60. The highest BCUT2D eigenvalue weighted by Gasteiger charge is 2.25. The molecule has 1 aromatic carbocycles. The number of pyridine rings is 1. The van der Waals surface area contributed by atoms with Gasteiger partial charge in [-0.25, -0.2) is 0 Å². The Bertz CT molecular complexity index is 802. The average Bonchev–Trinajstić information content (AvgIpc) is 2.55. The van der Waals surface area contributed by atoms with Crippen molar-refractivity contribution in [3.05, 3.63) is 40.7 Å². The van der Waals surface area contributed by atoms with Gasteiger partial charge in [0.1, 0.15) is 5.75 Å². The van der Waals surface area contributed by atoms with Crippen LogP contribution in [0.1, 0.15) is 20.3 Å². The molecule has 1 fully saturated rings. The van der Waals surface area contributed by atoms with Gasteiger partial charge in [-0.2, -0.15) is 0 Å². The minimum atomic E-state index is -0.142. The number of carbonyl (C=O) groups excluding carboxylic acids is 1. The first-order chi connectivity index (χ1) is 11.5. The van der Waals surface area contributed by atoms with Gasteiger partial charge in [0, 0.05) is 31.6 Å². The molecule has 3 rings (SSSR count). The molecule has 1 aliphatic heterocycles. The molecule has 0 aliphatic carbocycles. The number of piperidine rings is 1. The van der Waals surface area contributed by atoms with E-state index in [4.69, 9.17) is 4.74 Å². The summed E-state index contributed by atoms with van der Waals surface area (Å²) in [5.41, 5.74) is 0.657. The summed E-state index contributed by atoms with van der Waals surface area (Å²) in [6, 6.07) is 9.01. The van der Waals surface area contributed by atoms with Crippen molar-refractivity contribution in [1.29, 1.82) is 0 Å². The summed E-state index contributed by atoms with van der Waals surface area (Å²) in [5, 5.41) is 0.841. The number of fused-ring (bicyclic) bond motifs is 1. The third kappa shape index (κ3) is 3.30. The van der Waals surface area contributed by atoms with E-state index in [-0.39, 0.29) is 18.1 Å². The Kier molecular flexibility index (Phi) is 4.60. The number of ether oxygens (including phenoxy) is 1. The zero-order valence-electron chi connectivity index (χ0n) is 14.5. The lowest BCUT2D eigenvalue weighted by atomic mass is 9.92. The van der Waals surface area contributed by atoms with E-state index in [2.05, 4.69) is 13.8 Å². The van der Waals surface area contributed by atoms with Crippen molar-refractivity contribution >= 4 is 16.8 Å². The second-order valence-corrected chi connectivity index (χ2v) is 6.96. The van der Waals surface area contributed by atoms with E-state index in [1.54, 1.807) is 11.6 Å². The monoisotopic (exact) mass is 328 g/mol. The molecule has 0 unspecified atom stereocenters. The normalized spacial score (nSPS) is 21.0. The number of hydrogen-bond donors (Lipinski definition) is 0. The molecule has 2 aromatic rings. The molecule has 2 heterocycles. The number of benzene rings is 1. The molecule has 1 aliphatic rings. The van der Waals surface area contributed by atoms with E-state index in [9.17, 15) is 9.59 Å². The standard InChI is InChI=1S/C19H24N2O3/c1-13-8-14(2)11-21(10-13)19(23)12-24-17-9-18(22)20(3)16-7-5-4-6-15(16)17/h4-7,9,13-14H,8,10-12H2,1-3H3/t13-,14-/m0/s1. The SMILES string of the molecule is C[C@H]1C[C@H](C)CN(C(=O)COc2cc(=O)n(C)c3ccccc23)C1. The summed E-state index contributed by atoms with van der Waals surface area (Å²) in [6.07, 6.45) is 1.16. The molecule has 2 atom stereocenters. The number of para-hydroxylation sites is 1. The van der Waals surface area contributed by atoms with Crippen molar-refractivity contribution in [1.82, 2.24) is 9.47 Å². The second-order valence-electron chi connectivity index (χ2n) is 6.96. The minimum Gasteiger partial charge on any atom is -0.483 e. The topological polar surface area (TPSA) is 51.5 Å². The molecule has 128 valence electrons. The lowest BCUT2D eigenvalue weighted by Gasteiger charge is -2.34. The van der Waals surface area contributed by atoms with Gasteiger partial charge in [0.25, 0.3) is 11.5 Å². The lowest BCUT2D eigenvalue weighted by Crippen LogP contribution is -2.44. The molecule has 0 radical (unpaired) electrons. The number of amides is 1. The van der Waals surface area contributed by atoms with Gasteiger partial charge in [-0.05, 0) is 30.4 Å². The summed E-state index contributed by atoms with van der Waals surface area (Å²) in [6.45, 7) is 5.88. The minimum absolute atomic E-state index is 0.0156. The summed E-state index contributed by atoms with van der Waals surface area (Å²) < 4.78 is 7.32. The summed E-state index contributed by atoms with van der Waals surface area (Å²) in [5.74, 6) is 1.49. The quantitative estimate of drug-likeness (QED) is 0.869. The van der Waals surface area contributed by atoms with Crippen LogP contribution in [0.25, 0.3) is 10.9 Å². The largest absolute Gasteiger partial charge is 0.483 e. The average molecular weight is 328 g/mol. The van der Waals surface area contributed by atoms with Crippen molar-refractivity contribution in [3.63, 3.8) is 0 Å². The third-order valence-corrected chi connectivity index (χ3v) is 4.69. The van der Waals surface area contributed by atoms with Gasteiger partial charge in [0.2, 0.25) is 0 Å². The molecule has 0 spiro atoms. The van der Waals surface area contributed by atoms with Crippen LogP contribution >= 0.6 is 0 Å². The van der Waals surface area contributed by atoms with Crippen LogP contribution in [0.2, 0.25) is 0 Å². The molecule has 0 saturated carbocycles. The van der Waals surface area contributed by atoms with Crippen LogP contribution in [0, 0.1) is 11.8 Å². The maximum absolute atomic E-state index is 12.5. The molecule has 5 heteroatoms. The molecular weight excluding hydrogens is 304 g/mol. The molecule has 1 aromatic heterocycles. The van der Waals surface area contributed by atoms with Crippen LogP contribution < -0.4 is 10.3 Å². The second kappa shape index (κ2) is 6.67. The molecule has 1 amide bonds. The predicted molar refractivity (Wildman–Crippen MR) is 94.2 cm³/mol. The van der Waals surface area contributed by atoms with Crippen LogP contribution in [0.4, 0.5) is 0 Å². The van der Waals surface area contributed by atoms with E-state index in [0.717, 1.165) is 30.4 Å². The van der Waals surface area contributed by atoms with E-state index in [1.807, 2.05) is 29.2 Å². The Balaban J connectivity index is 1.77. The first-order valence-corrected chi connectivity index (χ1v) is 8.45. The molecule has 0 N–H and O–H groups in total. The van der Waals surface area contributed by atoms with Crippen molar-refractivity contribution in [2.75, 3.05) is 19.7 Å². The Hall–Kier alpha value is -2.30. The lowest BCUT2D eigenvalue weighted by molar-refractivity contribution is -0.136. The summed E-state index contributed by atoms with van der Waals surface area (Å²) in [7, 11) is 1.73. The van der Waals surface area contributed by atoms with Gasteiger partial charge in [-0.1, -0.05) is 26.0 Å². The van der Waals surface area contributed by atoms with Crippen LogP contribution in [-0.2, 0) is 11.8 Å². The predicted octanol–water partition coefficient (Wildman–Crippen LogP) is 2.42. The highest BCUT2D eigenvalue weighted by atomic mass is 16.5. The molecule has 5 nitrogen and oxygen atoms in total. The Morgan fingerprint density at radius 3 is 2.58 bits per heavy atom. The van der Waals surface area contributed by atoms with Crippen LogP contribution in [0.5, 0.6) is 5.75 Å². The first kappa shape index (κ1) is 16.6. The van der Waals surface area contributed by atoms with Gasteiger partial charge >= 0.3 is 0 Å². The van der Waals surface area contributed by atoms with Gasteiger partial charge in [-0.15, -0.1) is 0 Å². The first-order valence-electron chi connectivity index (χ1n) is 8.45. The fourth-order valence-electron chi connectivity index (χ4n) is 3.60. The number of hydrogen-bond acceptors (Lipinski definition) is 3. The Morgan fingerprint density at radius 2 is 1.88 bits per heavy atom. The number of aromatic nitrogens is 1. The Labute approximate surface area is 141 Å². The number of likely N-dealkylation sites (tertiary alicyclic amines) is 1. The van der Waals surface area contributed by atoms with Crippen molar-refractivity contribution in [2.45, 2.75) is 20.3 Å². The van der Waals surface area contributed by atoms with Gasteiger partial charge in [0.05, 0.1) is 5.52 Å². The van der Waals surface area contributed by atoms with Gasteiger partial charge in [-0.3, -0.25) is 9.59 Å². The van der Waals surface area contributed by atoms with Crippen molar-refractivity contribution in [3.8, 4) is 5.75 Å². The fraction of sp³-hybridized carbons (Fsp3) is 0.474. The zero-order valence-corrected chi connectivity index (χ0v) is 14.5.